The Kier molecular flexibility index (Phi) is 4.39. The van der Waals surface area contributed by atoms with Gasteiger partial charge >= 0.3 is 5.69 Å². The van der Waals surface area contributed by atoms with Gasteiger partial charge in [0.05, 0.1) is 0 Å². The molecule has 0 amide bonds. The zero-order valence-electron chi connectivity index (χ0n) is 15.5. The van der Waals surface area contributed by atoms with E-state index >= 15 is 0 Å². The topological polar surface area (TPSA) is 48.2 Å². The van der Waals surface area contributed by atoms with Crippen LogP contribution in [0.5, 0.6) is 0 Å². The van der Waals surface area contributed by atoms with E-state index in [0.717, 1.165) is 40.8 Å². The van der Waals surface area contributed by atoms with Gasteiger partial charge in [-0.25, -0.2) is 4.98 Å². The second-order valence-electron chi connectivity index (χ2n) is 6.40. The molecule has 27 heavy (non-hydrogen) atoms. The van der Waals surface area contributed by atoms with Crippen LogP contribution in [-0.4, -0.2) is 18.1 Å². The van der Waals surface area contributed by atoms with Crippen LogP contribution in [0.2, 0.25) is 0 Å². The highest BCUT2D eigenvalue weighted by molar-refractivity contribution is 5.86. The maximum Gasteiger partial charge on any atom is 0.391 e. The fourth-order valence-electron chi connectivity index (χ4n) is 3.53. The van der Waals surface area contributed by atoms with Crippen LogP contribution in [-0.2, 0) is 0 Å². The molecule has 0 aliphatic rings. The van der Waals surface area contributed by atoms with Gasteiger partial charge < -0.3 is 4.90 Å². The number of rotatable bonds is 4. The van der Waals surface area contributed by atoms with E-state index in [0.29, 0.717) is 5.69 Å². The van der Waals surface area contributed by atoms with Gasteiger partial charge in [0.15, 0.2) is 4.98 Å². The highest BCUT2D eigenvalue weighted by Crippen LogP contribution is 2.25. The summed E-state index contributed by atoms with van der Waals surface area (Å²) in [5.41, 5.74) is 6.43. The number of hydrogen-bond donors (Lipinski definition) is 0. The molecule has 0 saturated heterocycles. The zero-order chi connectivity index (χ0) is 18.8. The Hall–Kier alpha value is -3.52. The van der Waals surface area contributed by atoms with Crippen LogP contribution >= 0.6 is 0 Å². The number of hydrogen-bond acceptors (Lipinski definition) is 3. The predicted molar refractivity (Wildman–Crippen MR) is 109 cm³/mol. The lowest BCUT2D eigenvalue weighted by molar-refractivity contribution is -0.538. The van der Waals surface area contributed by atoms with Crippen molar-refractivity contribution in [2.45, 2.75) is 13.8 Å². The number of aromatic nitrogens is 2. The average molecular weight is 355 g/mol. The minimum Gasteiger partial charge on any atom is -0.372 e. The van der Waals surface area contributed by atoms with Crippen LogP contribution in [0, 0.1) is 5.39 Å². The summed E-state index contributed by atoms with van der Waals surface area (Å²) < 4.78 is 2.18. The highest BCUT2D eigenvalue weighted by atomic mass is 15.1. The van der Waals surface area contributed by atoms with Gasteiger partial charge in [0.1, 0.15) is 17.1 Å². The molecule has 1 heterocycles. The molecule has 0 aliphatic carbocycles. The summed E-state index contributed by atoms with van der Waals surface area (Å²) in [5, 5.41) is 9.24. The number of para-hydroxylation sites is 1. The summed E-state index contributed by atoms with van der Waals surface area (Å²) in [7, 11) is 0. The molecule has 0 fully saturated rings. The molecular weight excluding hydrogens is 334 g/mol. The van der Waals surface area contributed by atoms with Gasteiger partial charge in [0.2, 0.25) is 22.1 Å². The van der Waals surface area contributed by atoms with E-state index in [9.17, 15) is 5.39 Å². The van der Waals surface area contributed by atoms with Gasteiger partial charge in [-0.15, -0.1) is 4.57 Å². The van der Waals surface area contributed by atoms with Crippen molar-refractivity contribution < 1.29 is 4.57 Å². The lowest BCUT2D eigenvalue weighted by Gasteiger charge is -2.20. The minimum atomic E-state index is 0.508. The molecule has 0 saturated carbocycles. The monoisotopic (exact) mass is 355 g/mol. The predicted octanol–water partition coefficient (Wildman–Crippen LogP) is 5.00. The molecule has 5 nitrogen and oxygen atoms in total. The maximum absolute atomic E-state index is 9.24. The quantitative estimate of drug-likeness (QED) is 0.294. The van der Waals surface area contributed by atoms with Crippen LogP contribution in [0.1, 0.15) is 13.8 Å². The Morgan fingerprint density at radius 1 is 0.889 bits per heavy atom. The number of diazo groups is 1. The Morgan fingerprint density at radius 2 is 1.56 bits per heavy atom. The molecule has 3 aromatic carbocycles. The summed E-state index contributed by atoms with van der Waals surface area (Å²) in [5.74, 6) is 0. The lowest BCUT2D eigenvalue weighted by atomic mass is 10.1. The van der Waals surface area contributed by atoms with Gasteiger partial charge in [-0.1, -0.05) is 18.2 Å². The number of benzene rings is 3. The summed E-state index contributed by atoms with van der Waals surface area (Å²) in [6.07, 6.45) is 0. The van der Waals surface area contributed by atoms with E-state index in [1.54, 1.807) is 6.07 Å². The van der Waals surface area contributed by atoms with Gasteiger partial charge in [0, 0.05) is 43.0 Å². The van der Waals surface area contributed by atoms with Crippen molar-refractivity contribution in [3.8, 4) is 5.69 Å². The minimum absolute atomic E-state index is 0.508. The highest BCUT2D eigenvalue weighted by Gasteiger charge is 2.22. The van der Waals surface area contributed by atoms with Crippen molar-refractivity contribution in [3.63, 3.8) is 0 Å². The van der Waals surface area contributed by atoms with E-state index in [1.165, 1.54) is 5.69 Å². The molecule has 4 aromatic rings. The molecule has 0 N–H and O–H groups in total. The standard InChI is InChI=1S/C22H21N5/c1-3-26(4-2)18-11-13-20-22(15-18)27(17-8-6-5-7-9-17)21-14-16(25-23)10-12-19(21)24-20/h5-15H,3-4H2,1-2H3/q+2. The number of anilines is 1. The first-order valence-electron chi connectivity index (χ1n) is 9.20. The Balaban J connectivity index is 2.12. The largest absolute Gasteiger partial charge is 0.391 e. The zero-order valence-corrected chi connectivity index (χ0v) is 15.5. The van der Waals surface area contributed by atoms with E-state index in [4.69, 9.17) is 4.98 Å². The van der Waals surface area contributed by atoms with Crippen molar-refractivity contribution in [2.75, 3.05) is 18.0 Å². The lowest BCUT2D eigenvalue weighted by Crippen LogP contribution is -2.33. The normalized spacial score (nSPS) is 10.9. The molecule has 0 spiro atoms. The van der Waals surface area contributed by atoms with E-state index < -0.39 is 0 Å². The van der Waals surface area contributed by atoms with E-state index in [2.05, 4.69) is 58.6 Å². The van der Waals surface area contributed by atoms with Crippen molar-refractivity contribution in [3.05, 3.63) is 71.7 Å². The molecule has 132 valence electrons. The van der Waals surface area contributed by atoms with Crippen LogP contribution in [0.25, 0.3) is 32.7 Å². The van der Waals surface area contributed by atoms with Gasteiger partial charge in [-0.2, -0.15) is 0 Å². The second-order valence-corrected chi connectivity index (χ2v) is 6.40. The number of fused-ring (bicyclic) bond motifs is 2. The van der Waals surface area contributed by atoms with Crippen LogP contribution in [0.4, 0.5) is 11.4 Å². The summed E-state index contributed by atoms with van der Waals surface area (Å²) in [6, 6.07) is 22.1. The Labute approximate surface area is 158 Å². The van der Waals surface area contributed by atoms with Crippen molar-refractivity contribution >= 4 is 33.4 Å². The molecule has 0 aliphatic heterocycles. The van der Waals surface area contributed by atoms with Crippen molar-refractivity contribution in [1.29, 1.82) is 5.39 Å². The molecule has 0 unspecified atom stereocenters. The summed E-state index contributed by atoms with van der Waals surface area (Å²) in [4.78, 5) is 10.5. The molecular formula is C22H21N5+2. The molecule has 0 bridgehead atoms. The van der Waals surface area contributed by atoms with Gasteiger partial charge in [0.25, 0.3) is 0 Å². The Morgan fingerprint density at radius 3 is 2.22 bits per heavy atom. The average Bonchev–Trinajstić information content (AvgIpc) is 2.73. The van der Waals surface area contributed by atoms with Crippen molar-refractivity contribution in [1.82, 2.24) is 4.98 Å². The van der Waals surface area contributed by atoms with Crippen molar-refractivity contribution in [2.24, 2.45) is 0 Å². The molecule has 1 aromatic heterocycles. The molecule has 4 rings (SSSR count). The van der Waals surface area contributed by atoms with E-state index in [-0.39, 0.29) is 0 Å². The second kappa shape index (κ2) is 7.00. The first-order valence-corrected chi connectivity index (χ1v) is 9.20. The Bertz CT molecular complexity index is 1160. The third kappa shape index (κ3) is 2.96. The SMILES string of the molecule is CCN(CC)c1ccc2nc3ccc([N+]#N)cc3[n+](-c3ccccc3)c2c1. The summed E-state index contributed by atoms with van der Waals surface area (Å²) in [6.45, 7) is 6.21. The van der Waals surface area contributed by atoms with Crippen LogP contribution < -0.4 is 9.47 Å². The van der Waals surface area contributed by atoms with Crippen LogP contribution in [0.15, 0.2) is 66.7 Å². The van der Waals surface area contributed by atoms with Gasteiger partial charge in [-0.3, -0.25) is 0 Å². The first kappa shape index (κ1) is 16.9. The molecule has 0 atom stereocenters. The fraction of sp³-hybridized carbons (Fsp3) is 0.182. The molecule has 0 radical (unpaired) electrons. The maximum atomic E-state index is 9.24. The van der Waals surface area contributed by atoms with Crippen LogP contribution in [0.3, 0.4) is 0 Å². The third-order valence-corrected chi connectivity index (χ3v) is 4.90. The smallest absolute Gasteiger partial charge is 0.372 e. The van der Waals surface area contributed by atoms with Gasteiger partial charge in [-0.05, 0) is 32.0 Å². The molecule has 5 heteroatoms. The third-order valence-electron chi connectivity index (χ3n) is 4.90. The summed E-state index contributed by atoms with van der Waals surface area (Å²) >= 11 is 0. The fourth-order valence-corrected chi connectivity index (χ4v) is 3.53. The number of nitrogens with zero attached hydrogens (tertiary/aromatic N) is 5. The first-order chi connectivity index (χ1) is 13.2. The van der Waals surface area contributed by atoms with E-state index in [1.807, 2.05) is 30.3 Å².